The van der Waals surface area contributed by atoms with Crippen LogP contribution in [0.5, 0.6) is 0 Å². The van der Waals surface area contributed by atoms with E-state index in [1.54, 1.807) is 6.92 Å². The van der Waals surface area contributed by atoms with Gasteiger partial charge in [0, 0.05) is 13.3 Å². The Morgan fingerprint density at radius 3 is 2.82 bits per heavy atom. The zero-order valence-corrected chi connectivity index (χ0v) is 7.88. The lowest BCUT2D eigenvalue weighted by Gasteiger charge is -2.15. The Morgan fingerprint density at radius 2 is 2.36 bits per heavy atom. The Kier molecular flexibility index (Phi) is 2.57. The molecule has 0 amide bonds. The number of halogens is 1. The molecule has 0 radical (unpaired) electrons. The molecule has 60 valence electrons. The quantitative estimate of drug-likeness (QED) is 0.664. The first-order valence-corrected chi connectivity index (χ1v) is 3.93. The number of aliphatic imine (C=N–C) groups is 1. The summed E-state index contributed by atoms with van der Waals surface area (Å²) in [5.74, 6) is -0.0694. The first-order valence-electron chi connectivity index (χ1n) is 3.13. The summed E-state index contributed by atoms with van der Waals surface area (Å²) in [6.07, 6.45) is 0.988. The third-order valence-electron chi connectivity index (χ3n) is 1.47. The molecule has 0 aromatic carbocycles. The molecular weight excluding hydrogens is 210 g/mol. The van der Waals surface area contributed by atoms with Crippen molar-refractivity contribution < 1.29 is 9.53 Å². The second-order valence-electron chi connectivity index (χ2n) is 2.23. The van der Waals surface area contributed by atoms with E-state index >= 15 is 0 Å². The van der Waals surface area contributed by atoms with Gasteiger partial charge >= 0.3 is 0 Å². The molecule has 1 rings (SSSR count). The van der Waals surface area contributed by atoms with E-state index in [4.69, 9.17) is 4.74 Å². The van der Waals surface area contributed by atoms with E-state index in [1.807, 2.05) is 0 Å². The number of nitrogens with zero attached hydrogens (tertiary/aromatic N) is 1. The summed E-state index contributed by atoms with van der Waals surface area (Å²) in [6.45, 7) is 1.77. The molecule has 11 heavy (non-hydrogen) atoms. The molecule has 0 N–H and O–H groups in total. The third kappa shape index (κ3) is 1.57. The largest absolute Gasteiger partial charge is 0.367 e. The van der Waals surface area contributed by atoms with Gasteiger partial charge in [0.25, 0.3) is 0 Å². The van der Waals surface area contributed by atoms with Gasteiger partial charge in [-0.3, -0.25) is 9.79 Å². The number of ether oxygens (including phenoxy) is 1. The SMILES string of the molecule is COC1C(=O)C(Br)=CN=C1C. The van der Waals surface area contributed by atoms with Crippen molar-refractivity contribution in [3.05, 3.63) is 10.7 Å². The summed E-state index contributed by atoms with van der Waals surface area (Å²) >= 11 is 3.09. The number of rotatable bonds is 1. The number of methoxy groups -OCH3 is 1. The molecule has 0 saturated carbocycles. The van der Waals surface area contributed by atoms with E-state index in [9.17, 15) is 4.79 Å². The van der Waals surface area contributed by atoms with Crippen molar-refractivity contribution in [2.45, 2.75) is 13.0 Å². The summed E-state index contributed by atoms with van der Waals surface area (Å²) in [7, 11) is 1.49. The molecule has 0 aliphatic carbocycles. The van der Waals surface area contributed by atoms with Crippen molar-refractivity contribution in [3.63, 3.8) is 0 Å². The number of carbonyl (C=O) groups excluding carboxylic acids is 1. The van der Waals surface area contributed by atoms with Crippen LogP contribution < -0.4 is 0 Å². The fourth-order valence-corrected chi connectivity index (χ4v) is 1.19. The van der Waals surface area contributed by atoms with Crippen LogP contribution in [0.4, 0.5) is 0 Å². The summed E-state index contributed by atoms with van der Waals surface area (Å²) in [5.41, 5.74) is 0.695. The van der Waals surface area contributed by atoms with Crippen LogP contribution >= 0.6 is 15.9 Å². The molecular formula is C7H8BrNO2. The predicted molar refractivity (Wildman–Crippen MR) is 45.9 cm³/mol. The molecule has 0 bridgehead atoms. The standard InChI is InChI=1S/C7H8BrNO2/c1-4-7(11-2)6(10)5(8)3-9-4/h3,7H,1-2H3. The summed E-state index contributed by atoms with van der Waals surface area (Å²) in [6, 6.07) is 0. The first-order chi connectivity index (χ1) is 5.16. The molecule has 3 nitrogen and oxygen atoms in total. The molecule has 1 heterocycles. The van der Waals surface area contributed by atoms with Crippen LogP contribution in [-0.4, -0.2) is 24.7 Å². The summed E-state index contributed by atoms with van der Waals surface area (Å²) < 4.78 is 5.40. The van der Waals surface area contributed by atoms with Crippen molar-refractivity contribution in [3.8, 4) is 0 Å². The zero-order valence-electron chi connectivity index (χ0n) is 6.30. The minimum atomic E-state index is -0.505. The maximum atomic E-state index is 11.2. The molecule has 1 unspecified atom stereocenters. The van der Waals surface area contributed by atoms with E-state index in [0.29, 0.717) is 10.2 Å². The Hall–Kier alpha value is -0.480. The van der Waals surface area contributed by atoms with E-state index < -0.39 is 6.10 Å². The monoisotopic (exact) mass is 217 g/mol. The van der Waals surface area contributed by atoms with Gasteiger partial charge in [-0.2, -0.15) is 0 Å². The Balaban J connectivity index is 2.93. The van der Waals surface area contributed by atoms with Gasteiger partial charge < -0.3 is 4.74 Å². The van der Waals surface area contributed by atoms with Crippen molar-refractivity contribution in [1.29, 1.82) is 0 Å². The number of hydrogen-bond acceptors (Lipinski definition) is 3. The lowest BCUT2D eigenvalue weighted by Crippen LogP contribution is -2.32. The van der Waals surface area contributed by atoms with Crippen LogP contribution in [0.1, 0.15) is 6.92 Å². The lowest BCUT2D eigenvalue weighted by molar-refractivity contribution is -0.121. The van der Waals surface area contributed by atoms with Gasteiger partial charge in [0.2, 0.25) is 5.78 Å². The molecule has 0 aromatic heterocycles. The summed E-state index contributed by atoms with van der Waals surface area (Å²) in [4.78, 5) is 15.2. The molecule has 1 atom stereocenters. The number of Topliss-reactive ketones (excluding diaryl/α,β-unsaturated/α-hetero) is 1. The lowest BCUT2D eigenvalue weighted by atomic mass is 10.1. The number of carbonyl (C=O) groups is 1. The molecule has 0 aromatic rings. The summed E-state index contributed by atoms with van der Waals surface area (Å²) in [5, 5.41) is 0. The van der Waals surface area contributed by atoms with Crippen molar-refractivity contribution in [1.82, 2.24) is 0 Å². The number of ketones is 1. The van der Waals surface area contributed by atoms with Crippen LogP contribution in [0, 0.1) is 0 Å². The van der Waals surface area contributed by atoms with Crippen LogP contribution in [0.2, 0.25) is 0 Å². The highest BCUT2D eigenvalue weighted by Crippen LogP contribution is 2.16. The van der Waals surface area contributed by atoms with Gasteiger partial charge in [0.15, 0.2) is 6.10 Å². The molecule has 0 spiro atoms. The van der Waals surface area contributed by atoms with Crippen LogP contribution in [0.15, 0.2) is 15.7 Å². The highest BCUT2D eigenvalue weighted by molar-refractivity contribution is 9.12. The maximum Gasteiger partial charge on any atom is 0.205 e. The Morgan fingerprint density at radius 1 is 1.73 bits per heavy atom. The van der Waals surface area contributed by atoms with Crippen LogP contribution in [-0.2, 0) is 9.53 Å². The predicted octanol–water partition coefficient (Wildman–Crippen LogP) is 1.28. The van der Waals surface area contributed by atoms with Crippen molar-refractivity contribution in [2.24, 2.45) is 4.99 Å². The van der Waals surface area contributed by atoms with E-state index in [1.165, 1.54) is 13.3 Å². The van der Waals surface area contributed by atoms with Gasteiger partial charge in [-0.15, -0.1) is 0 Å². The van der Waals surface area contributed by atoms with Gasteiger partial charge in [-0.25, -0.2) is 0 Å². The average molecular weight is 218 g/mol. The fourth-order valence-electron chi connectivity index (χ4n) is 0.882. The molecule has 1 aliphatic heterocycles. The van der Waals surface area contributed by atoms with Gasteiger partial charge in [-0.1, -0.05) is 0 Å². The number of hydrogen-bond donors (Lipinski definition) is 0. The van der Waals surface area contributed by atoms with E-state index in [-0.39, 0.29) is 5.78 Å². The smallest absolute Gasteiger partial charge is 0.205 e. The highest BCUT2D eigenvalue weighted by Gasteiger charge is 2.25. The van der Waals surface area contributed by atoms with Crippen LogP contribution in [0.3, 0.4) is 0 Å². The second kappa shape index (κ2) is 3.28. The molecule has 0 fully saturated rings. The minimum Gasteiger partial charge on any atom is -0.367 e. The van der Waals surface area contributed by atoms with Crippen molar-refractivity contribution >= 4 is 27.4 Å². The normalized spacial score (nSPS) is 24.6. The highest BCUT2D eigenvalue weighted by atomic mass is 79.9. The average Bonchev–Trinajstić information content (AvgIpc) is 1.99. The molecule has 4 heteroatoms. The third-order valence-corrected chi connectivity index (χ3v) is 2.07. The molecule has 0 saturated heterocycles. The minimum absolute atomic E-state index is 0.0694. The molecule has 1 aliphatic rings. The van der Waals surface area contributed by atoms with Gasteiger partial charge in [0.05, 0.1) is 10.2 Å². The first kappa shape index (κ1) is 8.62. The van der Waals surface area contributed by atoms with E-state index in [2.05, 4.69) is 20.9 Å². The van der Waals surface area contributed by atoms with Gasteiger partial charge in [-0.05, 0) is 22.9 Å². The van der Waals surface area contributed by atoms with Gasteiger partial charge in [0.1, 0.15) is 0 Å². The Labute approximate surface area is 73.3 Å². The zero-order chi connectivity index (χ0) is 8.43. The topological polar surface area (TPSA) is 38.7 Å². The fraction of sp³-hybridized carbons (Fsp3) is 0.429. The second-order valence-corrected chi connectivity index (χ2v) is 3.08. The Bertz CT molecular complexity index is 243. The van der Waals surface area contributed by atoms with Crippen LogP contribution in [0.25, 0.3) is 0 Å². The van der Waals surface area contributed by atoms with E-state index in [0.717, 1.165) is 0 Å². The maximum absolute atomic E-state index is 11.2. The van der Waals surface area contributed by atoms with Crippen molar-refractivity contribution in [2.75, 3.05) is 7.11 Å².